The number of carbonyl (C=O) groups excluding carboxylic acids is 1. The van der Waals surface area contributed by atoms with Gasteiger partial charge in [0, 0.05) is 24.7 Å². The molecule has 1 amide bonds. The molecule has 0 bridgehead atoms. The normalized spacial score (nSPS) is 19.4. The Hall–Kier alpha value is -1.55. The smallest absolute Gasteiger partial charge is 0.254 e. The predicted octanol–water partition coefficient (Wildman–Crippen LogP) is 1.26. The lowest BCUT2D eigenvalue weighted by Gasteiger charge is -2.16. The lowest BCUT2D eigenvalue weighted by Crippen LogP contribution is -2.31. The first kappa shape index (κ1) is 11.9. The Kier molecular flexibility index (Phi) is 3.64. The molecule has 0 spiro atoms. The zero-order chi connectivity index (χ0) is 12.3. The fourth-order valence-corrected chi connectivity index (χ4v) is 2.04. The van der Waals surface area contributed by atoms with Gasteiger partial charge in [0.1, 0.15) is 5.75 Å². The second-order valence-corrected chi connectivity index (χ2v) is 4.26. The summed E-state index contributed by atoms with van der Waals surface area (Å²) < 4.78 is 5.39. The van der Waals surface area contributed by atoms with Gasteiger partial charge in [0.2, 0.25) is 0 Å². The van der Waals surface area contributed by atoms with Crippen molar-refractivity contribution in [2.75, 3.05) is 19.7 Å². The lowest BCUT2D eigenvalue weighted by molar-refractivity contribution is 0.0790. The Morgan fingerprint density at radius 2 is 2.41 bits per heavy atom. The van der Waals surface area contributed by atoms with Crippen LogP contribution in [0.3, 0.4) is 0 Å². The molecule has 0 aromatic heterocycles. The van der Waals surface area contributed by atoms with Crippen molar-refractivity contribution in [2.24, 2.45) is 5.73 Å². The number of nitrogens with zero attached hydrogens (tertiary/aromatic N) is 1. The van der Waals surface area contributed by atoms with Crippen LogP contribution in [0.4, 0.5) is 0 Å². The van der Waals surface area contributed by atoms with Crippen LogP contribution < -0.4 is 10.5 Å². The molecular formula is C13H18N2O2. The van der Waals surface area contributed by atoms with Crippen molar-refractivity contribution in [3.63, 3.8) is 0 Å². The highest BCUT2D eigenvalue weighted by Crippen LogP contribution is 2.17. The van der Waals surface area contributed by atoms with Crippen molar-refractivity contribution < 1.29 is 9.53 Å². The third kappa shape index (κ3) is 2.77. The zero-order valence-electron chi connectivity index (χ0n) is 10.1. The van der Waals surface area contributed by atoms with Crippen LogP contribution in [0, 0.1) is 0 Å². The highest BCUT2D eigenvalue weighted by molar-refractivity contribution is 5.94. The molecule has 2 N–H and O–H groups in total. The quantitative estimate of drug-likeness (QED) is 0.856. The van der Waals surface area contributed by atoms with E-state index in [9.17, 15) is 4.79 Å². The number of carbonyl (C=O) groups is 1. The molecule has 1 aliphatic heterocycles. The van der Waals surface area contributed by atoms with Gasteiger partial charge in [0.15, 0.2) is 0 Å². The molecule has 1 aromatic carbocycles. The minimum Gasteiger partial charge on any atom is -0.494 e. The largest absolute Gasteiger partial charge is 0.494 e. The van der Waals surface area contributed by atoms with Crippen LogP contribution >= 0.6 is 0 Å². The van der Waals surface area contributed by atoms with E-state index in [-0.39, 0.29) is 11.9 Å². The van der Waals surface area contributed by atoms with E-state index in [1.165, 1.54) is 0 Å². The number of hydrogen-bond donors (Lipinski definition) is 1. The number of benzene rings is 1. The Bertz CT molecular complexity index is 406. The van der Waals surface area contributed by atoms with E-state index in [1.807, 2.05) is 25.1 Å². The Labute approximate surface area is 101 Å². The summed E-state index contributed by atoms with van der Waals surface area (Å²) in [5, 5.41) is 0. The van der Waals surface area contributed by atoms with Crippen LogP contribution in [0.25, 0.3) is 0 Å². The number of likely N-dealkylation sites (tertiary alicyclic amines) is 1. The number of hydrogen-bond acceptors (Lipinski definition) is 3. The van der Waals surface area contributed by atoms with Gasteiger partial charge in [-0.1, -0.05) is 6.07 Å². The van der Waals surface area contributed by atoms with E-state index in [2.05, 4.69) is 0 Å². The molecule has 1 heterocycles. The summed E-state index contributed by atoms with van der Waals surface area (Å²) in [7, 11) is 0. The monoisotopic (exact) mass is 234 g/mol. The SMILES string of the molecule is CCOc1cccc(C(=O)N2CC[C@@H](N)C2)c1. The average molecular weight is 234 g/mol. The van der Waals surface area contributed by atoms with Crippen LogP contribution in [0.5, 0.6) is 5.75 Å². The van der Waals surface area contributed by atoms with Gasteiger partial charge in [-0.3, -0.25) is 4.79 Å². The Balaban J connectivity index is 2.10. The van der Waals surface area contributed by atoms with Crippen LogP contribution in [-0.4, -0.2) is 36.5 Å². The molecule has 0 saturated carbocycles. The van der Waals surface area contributed by atoms with Crippen molar-refractivity contribution >= 4 is 5.91 Å². The summed E-state index contributed by atoms with van der Waals surface area (Å²) in [5.41, 5.74) is 6.47. The van der Waals surface area contributed by atoms with Gasteiger partial charge in [0.25, 0.3) is 5.91 Å². The van der Waals surface area contributed by atoms with Crippen molar-refractivity contribution in [3.8, 4) is 5.75 Å². The minimum absolute atomic E-state index is 0.0412. The van der Waals surface area contributed by atoms with Crippen molar-refractivity contribution in [1.29, 1.82) is 0 Å². The molecular weight excluding hydrogens is 216 g/mol. The van der Waals surface area contributed by atoms with E-state index in [1.54, 1.807) is 11.0 Å². The molecule has 1 aliphatic rings. The molecule has 1 atom stereocenters. The standard InChI is InChI=1S/C13H18N2O2/c1-2-17-12-5-3-4-10(8-12)13(16)15-7-6-11(14)9-15/h3-5,8,11H,2,6-7,9,14H2,1H3/t11-/m1/s1. The van der Waals surface area contributed by atoms with E-state index >= 15 is 0 Å². The van der Waals surface area contributed by atoms with E-state index in [4.69, 9.17) is 10.5 Å². The van der Waals surface area contributed by atoms with Gasteiger partial charge in [-0.2, -0.15) is 0 Å². The lowest BCUT2D eigenvalue weighted by atomic mass is 10.2. The third-order valence-electron chi connectivity index (χ3n) is 2.90. The van der Waals surface area contributed by atoms with Crippen LogP contribution in [0.15, 0.2) is 24.3 Å². The zero-order valence-corrected chi connectivity index (χ0v) is 10.1. The highest BCUT2D eigenvalue weighted by atomic mass is 16.5. The van der Waals surface area contributed by atoms with Crippen LogP contribution in [0.2, 0.25) is 0 Å². The number of ether oxygens (including phenoxy) is 1. The van der Waals surface area contributed by atoms with Gasteiger partial charge in [-0.15, -0.1) is 0 Å². The van der Waals surface area contributed by atoms with Gasteiger partial charge in [-0.25, -0.2) is 0 Å². The van der Waals surface area contributed by atoms with Gasteiger partial charge in [-0.05, 0) is 31.5 Å². The summed E-state index contributed by atoms with van der Waals surface area (Å²) in [6.45, 7) is 3.93. The maximum Gasteiger partial charge on any atom is 0.254 e. The number of nitrogens with two attached hydrogens (primary N) is 1. The Morgan fingerprint density at radius 3 is 3.06 bits per heavy atom. The van der Waals surface area contributed by atoms with E-state index in [0.29, 0.717) is 18.7 Å². The van der Waals surface area contributed by atoms with Crippen LogP contribution in [0.1, 0.15) is 23.7 Å². The number of amides is 1. The fraction of sp³-hybridized carbons (Fsp3) is 0.462. The van der Waals surface area contributed by atoms with Crippen molar-refractivity contribution in [2.45, 2.75) is 19.4 Å². The Morgan fingerprint density at radius 1 is 1.59 bits per heavy atom. The summed E-state index contributed by atoms with van der Waals surface area (Å²) in [5.74, 6) is 0.779. The molecule has 1 saturated heterocycles. The first-order valence-electron chi connectivity index (χ1n) is 5.98. The topological polar surface area (TPSA) is 55.6 Å². The molecule has 0 aliphatic carbocycles. The molecule has 2 rings (SSSR count). The summed E-state index contributed by atoms with van der Waals surface area (Å²) >= 11 is 0. The maximum absolute atomic E-state index is 12.2. The van der Waals surface area contributed by atoms with Crippen LogP contribution in [-0.2, 0) is 0 Å². The highest BCUT2D eigenvalue weighted by Gasteiger charge is 2.24. The second-order valence-electron chi connectivity index (χ2n) is 4.26. The average Bonchev–Trinajstić information content (AvgIpc) is 2.76. The summed E-state index contributed by atoms with van der Waals surface area (Å²) in [6, 6.07) is 7.42. The van der Waals surface area contributed by atoms with Gasteiger partial charge >= 0.3 is 0 Å². The van der Waals surface area contributed by atoms with E-state index in [0.717, 1.165) is 18.7 Å². The molecule has 4 heteroatoms. The second kappa shape index (κ2) is 5.19. The first-order chi connectivity index (χ1) is 8.20. The maximum atomic E-state index is 12.2. The molecule has 0 radical (unpaired) electrons. The molecule has 4 nitrogen and oxygen atoms in total. The molecule has 1 fully saturated rings. The van der Waals surface area contributed by atoms with E-state index < -0.39 is 0 Å². The van der Waals surface area contributed by atoms with Gasteiger partial charge in [0.05, 0.1) is 6.61 Å². The predicted molar refractivity (Wildman–Crippen MR) is 66.1 cm³/mol. The summed E-state index contributed by atoms with van der Waals surface area (Å²) in [4.78, 5) is 14.0. The van der Waals surface area contributed by atoms with Crippen molar-refractivity contribution in [3.05, 3.63) is 29.8 Å². The molecule has 92 valence electrons. The van der Waals surface area contributed by atoms with Crippen molar-refractivity contribution in [1.82, 2.24) is 4.90 Å². The minimum atomic E-state index is 0.0412. The molecule has 0 unspecified atom stereocenters. The molecule has 17 heavy (non-hydrogen) atoms. The summed E-state index contributed by atoms with van der Waals surface area (Å²) in [6.07, 6.45) is 0.886. The van der Waals surface area contributed by atoms with Gasteiger partial charge < -0.3 is 15.4 Å². The molecule has 1 aromatic rings. The first-order valence-corrected chi connectivity index (χ1v) is 5.98. The number of rotatable bonds is 3. The third-order valence-corrected chi connectivity index (χ3v) is 2.90. The fourth-order valence-electron chi connectivity index (χ4n) is 2.04.